The Balaban J connectivity index is 1.53. The van der Waals surface area contributed by atoms with E-state index in [2.05, 4.69) is 40.4 Å². The van der Waals surface area contributed by atoms with Crippen LogP contribution in [0.2, 0.25) is 5.02 Å². The quantitative estimate of drug-likeness (QED) is 0.528. The molecule has 3 rings (SSSR count). The van der Waals surface area contributed by atoms with Crippen molar-refractivity contribution in [3.05, 3.63) is 53.1 Å². The number of hydrogen-bond donors (Lipinski definition) is 2. The van der Waals surface area contributed by atoms with Crippen LogP contribution in [-0.2, 0) is 0 Å². The summed E-state index contributed by atoms with van der Waals surface area (Å²) in [7, 11) is 0. The second-order valence-electron chi connectivity index (χ2n) is 4.84. The molecule has 0 bridgehead atoms. The molecule has 0 atom stereocenters. The molecule has 0 fully saturated rings. The van der Waals surface area contributed by atoms with Crippen LogP contribution in [0, 0.1) is 6.92 Å². The third kappa shape index (κ3) is 3.71. The monoisotopic (exact) mass is 317 g/mol. The van der Waals surface area contributed by atoms with E-state index in [-0.39, 0.29) is 0 Å². The second kappa shape index (κ2) is 6.41. The maximum Gasteiger partial charge on any atom is 0.166 e. The van der Waals surface area contributed by atoms with E-state index in [9.17, 15) is 0 Å². The molecule has 0 unspecified atom stereocenters. The number of aromatic nitrogens is 2. The van der Waals surface area contributed by atoms with Gasteiger partial charge in [0.05, 0.1) is 11.0 Å². The minimum Gasteiger partial charge on any atom is -0.384 e. The number of anilines is 1. The number of nitrogens with zero attached hydrogens (tertiary/aromatic N) is 1. The third-order valence-corrected chi connectivity index (χ3v) is 4.26. The lowest BCUT2D eigenvalue weighted by Gasteiger charge is -2.05. The molecule has 0 aliphatic rings. The Morgan fingerprint density at radius 2 is 2.00 bits per heavy atom. The highest BCUT2D eigenvalue weighted by molar-refractivity contribution is 7.99. The zero-order valence-corrected chi connectivity index (χ0v) is 13.3. The van der Waals surface area contributed by atoms with E-state index in [4.69, 9.17) is 11.6 Å². The Hall–Kier alpha value is -1.65. The topological polar surface area (TPSA) is 40.7 Å². The number of hydrogen-bond acceptors (Lipinski definition) is 3. The number of H-pyrrole nitrogens is 1. The molecule has 0 amide bonds. The lowest BCUT2D eigenvalue weighted by molar-refractivity contribution is 1.07. The summed E-state index contributed by atoms with van der Waals surface area (Å²) in [5.41, 5.74) is 4.45. The SMILES string of the molecule is Cc1ccc2nc(SCCNc3ccc(Cl)cc3)[nH]c2c1. The van der Waals surface area contributed by atoms with Gasteiger partial charge in [-0.15, -0.1) is 0 Å². The average molecular weight is 318 g/mol. The molecule has 0 aliphatic heterocycles. The van der Waals surface area contributed by atoms with Crippen LogP contribution in [-0.4, -0.2) is 22.3 Å². The van der Waals surface area contributed by atoms with Gasteiger partial charge in [0.25, 0.3) is 0 Å². The van der Waals surface area contributed by atoms with Gasteiger partial charge in [-0.05, 0) is 48.9 Å². The molecule has 2 N–H and O–H groups in total. The van der Waals surface area contributed by atoms with Crippen molar-refractivity contribution >= 4 is 40.1 Å². The first-order chi connectivity index (χ1) is 10.2. The summed E-state index contributed by atoms with van der Waals surface area (Å²) in [4.78, 5) is 7.92. The molecule has 1 heterocycles. The molecule has 0 saturated carbocycles. The van der Waals surface area contributed by atoms with Gasteiger partial charge >= 0.3 is 0 Å². The molecule has 0 saturated heterocycles. The normalized spacial score (nSPS) is 11.0. The van der Waals surface area contributed by atoms with Gasteiger partial charge in [0.2, 0.25) is 0 Å². The summed E-state index contributed by atoms with van der Waals surface area (Å²) in [6.07, 6.45) is 0. The lowest BCUT2D eigenvalue weighted by Crippen LogP contribution is -2.03. The Labute approximate surface area is 133 Å². The summed E-state index contributed by atoms with van der Waals surface area (Å²) in [6, 6.07) is 14.0. The van der Waals surface area contributed by atoms with Gasteiger partial charge in [0, 0.05) is 23.0 Å². The van der Waals surface area contributed by atoms with E-state index in [0.29, 0.717) is 0 Å². The molecule has 3 aromatic rings. The molecular weight excluding hydrogens is 302 g/mol. The van der Waals surface area contributed by atoms with Gasteiger partial charge < -0.3 is 10.3 Å². The van der Waals surface area contributed by atoms with Gasteiger partial charge in [-0.3, -0.25) is 0 Å². The predicted octanol–water partition coefficient (Wildman–Crippen LogP) is 4.73. The molecule has 0 radical (unpaired) electrons. The van der Waals surface area contributed by atoms with Crippen LogP contribution < -0.4 is 5.32 Å². The Kier molecular flexibility index (Phi) is 4.36. The highest BCUT2D eigenvalue weighted by atomic mass is 35.5. The fourth-order valence-corrected chi connectivity index (χ4v) is 2.95. The highest BCUT2D eigenvalue weighted by Crippen LogP contribution is 2.20. The Bertz CT molecular complexity index is 737. The van der Waals surface area contributed by atoms with Crippen molar-refractivity contribution in [2.45, 2.75) is 12.1 Å². The van der Waals surface area contributed by atoms with E-state index >= 15 is 0 Å². The van der Waals surface area contributed by atoms with Crippen LogP contribution in [0.3, 0.4) is 0 Å². The summed E-state index contributed by atoms with van der Waals surface area (Å²) in [5, 5.41) is 5.09. The molecule has 2 aromatic carbocycles. The van der Waals surface area contributed by atoms with Crippen LogP contribution in [0.15, 0.2) is 47.6 Å². The zero-order chi connectivity index (χ0) is 14.7. The highest BCUT2D eigenvalue weighted by Gasteiger charge is 2.03. The van der Waals surface area contributed by atoms with Crippen molar-refractivity contribution in [3.63, 3.8) is 0 Å². The van der Waals surface area contributed by atoms with Crippen LogP contribution in [0.5, 0.6) is 0 Å². The molecule has 108 valence electrons. The van der Waals surface area contributed by atoms with Crippen LogP contribution in [0.4, 0.5) is 5.69 Å². The lowest BCUT2D eigenvalue weighted by atomic mass is 10.2. The van der Waals surface area contributed by atoms with E-state index in [1.54, 1.807) is 11.8 Å². The van der Waals surface area contributed by atoms with E-state index in [1.165, 1.54) is 5.56 Å². The molecule has 0 spiro atoms. The van der Waals surface area contributed by atoms with Gasteiger partial charge in [-0.25, -0.2) is 4.98 Å². The number of rotatable bonds is 5. The summed E-state index contributed by atoms with van der Waals surface area (Å²) >= 11 is 7.58. The van der Waals surface area contributed by atoms with Gasteiger partial charge in [0.15, 0.2) is 5.16 Å². The van der Waals surface area contributed by atoms with Crippen LogP contribution >= 0.6 is 23.4 Å². The van der Waals surface area contributed by atoms with Gasteiger partial charge in [-0.1, -0.05) is 29.4 Å². The first kappa shape index (κ1) is 14.3. The van der Waals surface area contributed by atoms with Gasteiger partial charge in [-0.2, -0.15) is 0 Å². The van der Waals surface area contributed by atoms with Crippen molar-refractivity contribution in [2.24, 2.45) is 0 Å². The number of aromatic amines is 1. The van der Waals surface area contributed by atoms with E-state index in [0.717, 1.165) is 39.2 Å². The molecule has 21 heavy (non-hydrogen) atoms. The van der Waals surface area contributed by atoms with E-state index in [1.807, 2.05) is 24.3 Å². The van der Waals surface area contributed by atoms with Crippen molar-refractivity contribution < 1.29 is 0 Å². The number of nitrogens with one attached hydrogen (secondary N) is 2. The van der Waals surface area contributed by atoms with Crippen molar-refractivity contribution in [1.82, 2.24) is 9.97 Å². The number of thioether (sulfide) groups is 1. The number of benzene rings is 2. The minimum absolute atomic E-state index is 0.757. The molecule has 3 nitrogen and oxygen atoms in total. The number of imidazole rings is 1. The minimum atomic E-state index is 0.757. The summed E-state index contributed by atoms with van der Waals surface area (Å²) < 4.78 is 0. The molecule has 5 heteroatoms. The Morgan fingerprint density at radius 3 is 2.81 bits per heavy atom. The largest absolute Gasteiger partial charge is 0.384 e. The van der Waals surface area contributed by atoms with Crippen LogP contribution in [0.1, 0.15) is 5.56 Å². The van der Waals surface area contributed by atoms with Crippen molar-refractivity contribution in [1.29, 1.82) is 0 Å². The predicted molar refractivity (Wildman–Crippen MR) is 91.5 cm³/mol. The smallest absolute Gasteiger partial charge is 0.166 e. The van der Waals surface area contributed by atoms with Gasteiger partial charge in [0.1, 0.15) is 0 Å². The van der Waals surface area contributed by atoms with Crippen molar-refractivity contribution in [2.75, 3.05) is 17.6 Å². The maximum absolute atomic E-state index is 5.86. The first-order valence-corrected chi connectivity index (χ1v) is 8.16. The fraction of sp³-hybridized carbons (Fsp3) is 0.188. The third-order valence-electron chi connectivity index (χ3n) is 3.13. The number of halogens is 1. The standard InChI is InChI=1S/C16H16ClN3S/c1-11-2-7-14-15(10-11)20-16(19-14)21-9-8-18-13-5-3-12(17)4-6-13/h2-7,10,18H,8-9H2,1H3,(H,19,20). The maximum atomic E-state index is 5.86. The summed E-state index contributed by atoms with van der Waals surface area (Å²) in [5.74, 6) is 0.946. The average Bonchev–Trinajstić information content (AvgIpc) is 2.87. The molecule has 0 aliphatic carbocycles. The number of aryl methyl sites for hydroxylation is 1. The molecular formula is C16H16ClN3S. The number of fused-ring (bicyclic) bond motifs is 1. The van der Waals surface area contributed by atoms with E-state index < -0.39 is 0 Å². The Morgan fingerprint density at radius 1 is 1.19 bits per heavy atom. The molecule has 1 aromatic heterocycles. The van der Waals surface area contributed by atoms with Crippen LogP contribution in [0.25, 0.3) is 11.0 Å². The summed E-state index contributed by atoms with van der Waals surface area (Å²) in [6.45, 7) is 2.96. The second-order valence-corrected chi connectivity index (χ2v) is 6.36. The van der Waals surface area contributed by atoms with Crippen molar-refractivity contribution in [3.8, 4) is 0 Å². The zero-order valence-electron chi connectivity index (χ0n) is 11.7. The fourth-order valence-electron chi connectivity index (χ4n) is 2.08. The first-order valence-electron chi connectivity index (χ1n) is 6.79.